The number of aliphatic carboxylic acids is 1. The van der Waals surface area contributed by atoms with Gasteiger partial charge in [0.1, 0.15) is 0 Å². The van der Waals surface area contributed by atoms with E-state index in [4.69, 9.17) is 9.90 Å². The topological polar surface area (TPSA) is 63.6 Å². The van der Waals surface area contributed by atoms with Gasteiger partial charge < -0.3 is 9.84 Å². The van der Waals surface area contributed by atoms with Crippen molar-refractivity contribution in [2.75, 3.05) is 6.61 Å². The Bertz CT molecular complexity index is 167. The Balaban J connectivity index is 0. The maximum absolute atomic E-state index is 10.6. The zero-order valence-corrected chi connectivity index (χ0v) is 7.50. The van der Waals surface area contributed by atoms with Crippen molar-refractivity contribution in [1.82, 2.24) is 0 Å². The van der Waals surface area contributed by atoms with E-state index in [9.17, 15) is 18.0 Å². The zero-order chi connectivity index (χ0) is 11.6. The summed E-state index contributed by atoms with van der Waals surface area (Å²) in [5.74, 6) is -2.76. The summed E-state index contributed by atoms with van der Waals surface area (Å²) in [7, 11) is 0. The molecule has 0 radical (unpaired) electrons. The highest BCUT2D eigenvalue weighted by Crippen LogP contribution is 2.13. The minimum Gasteiger partial charge on any atom is -0.475 e. The molecule has 0 heterocycles. The van der Waals surface area contributed by atoms with Crippen LogP contribution < -0.4 is 0 Å². The van der Waals surface area contributed by atoms with Crippen LogP contribution >= 0.6 is 0 Å². The first-order valence-electron chi connectivity index (χ1n) is 3.71. The molecule has 0 aromatic rings. The largest absolute Gasteiger partial charge is 0.490 e. The number of carboxylic acid groups (broad SMARTS) is 1. The fourth-order valence-electron chi connectivity index (χ4n) is 0.276. The Hall–Kier alpha value is -1.27. The second-order valence-corrected chi connectivity index (χ2v) is 2.12. The molecule has 84 valence electrons. The second kappa shape index (κ2) is 8.33. The molecule has 0 fully saturated rings. The quantitative estimate of drug-likeness (QED) is 0.572. The lowest BCUT2D eigenvalue weighted by molar-refractivity contribution is -0.192. The molecule has 0 saturated carbocycles. The maximum atomic E-state index is 10.6. The van der Waals surface area contributed by atoms with Crippen molar-refractivity contribution >= 4 is 12.4 Å². The number of carbonyl (C=O) groups excluding carboxylic acids is 1. The van der Waals surface area contributed by atoms with Crippen LogP contribution in [-0.4, -0.2) is 30.3 Å². The molecule has 4 nitrogen and oxygen atoms in total. The van der Waals surface area contributed by atoms with Gasteiger partial charge in [0.2, 0.25) is 0 Å². The molecule has 0 rings (SSSR count). The van der Waals surface area contributed by atoms with Gasteiger partial charge in [-0.25, -0.2) is 4.79 Å². The van der Waals surface area contributed by atoms with Crippen LogP contribution in [0.15, 0.2) is 0 Å². The van der Waals surface area contributed by atoms with Crippen LogP contribution in [0.3, 0.4) is 0 Å². The third-order valence-corrected chi connectivity index (χ3v) is 0.926. The molecule has 0 aliphatic rings. The SMILES string of the molecule is CCCCOC=O.O=C(O)C(F)(F)F. The van der Waals surface area contributed by atoms with Crippen LogP contribution in [0.5, 0.6) is 0 Å². The van der Waals surface area contributed by atoms with Gasteiger partial charge in [0.25, 0.3) is 6.47 Å². The van der Waals surface area contributed by atoms with Gasteiger partial charge in [-0.2, -0.15) is 13.2 Å². The van der Waals surface area contributed by atoms with Gasteiger partial charge in [-0.1, -0.05) is 13.3 Å². The first-order valence-corrected chi connectivity index (χ1v) is 3.71. The summed E-state index contributed by atoms with van der Waals surface area (Å²) in [5, 5.41) is 7.12. The van der Waals surface area contributed by atoms with Crippen LogP contribution in [-0.2, 0) is 14.3 Å². The van der Waals surface area contributed by atoms with Crippen LogP contribution in [0.1, 0.15) is 19.8 Å². The van der Waals surface area contributed by atoms with Crippen LogP contribution in [0.4, 0.5) is 13.2 Å². The van der Waals surface area contributed by atoms with E-state index in [2.05, 4.69) is 4.74 Å². The molecule has 0 aliphatic heterocycles. The third kappa shape index (κ3) is 13.3. The normalized spacial score (nSPS) is 9.71. The zero-order valence-electron chi connectivity index (χ0n) is 7.50. The Kier molecular flexibility index (Phi) is 9.06. The Labute approximate surface area is 78.7 Å². The number of hydrogen-bond donors (Lipinski definition) is 1. The highest BCUT2D eigenvalue weighted by molar-refractivity contribution is 5.73. The van der Waals surface area contributed by atoms with Gasteiger partial charge in [0.15, 0.2) is 0 Å². The molecule has 0 saturated heterocycles. The first kappa shape index (κ1) is 15.2. The number of unbranched alkanes of at least 4 members (excludes halogenated alkanes) is 1. The smallest absolute Gasteiger partial charge is 0.475 e. The maximum Gasteiger partial charge on any atom is 0.490 e. The van der Waals surface area contributed by atoms with E-state index in [1.807, 2.05) is 6.92 Å². The molecule has 0 aromatic carbocycles. The Morgan fingerprint density at radius 2 is 1.93 bits per heavy atom. The monoisotopic (exact) mass is 216 g/mol. The van der Waals surface area contributed by atoms with Gasteiger partial charge in [0, 0.05) is 0 Å². The van der Waals surface area contributed by atoms with Gasteiger partial charge in [-0.15, -0.1) is 0 Å². The van der Waals surface area contributed by atoms with Gasteiger partial charge in [-0.3, -0.25) is 4.79 Å². The van der Waals surface area contributed by atoms with Gasteiger partial charge in [0.05, 0.1) is 6.61 Å². The minimum atomic E-state index is -5.08. The van der Waals surface area contributed by atoms with Gasteiger partial charge >= 0.3 is 12.1 Å². The van der Waals surface area contributed by atoms with Crippen molar-refractivity contribution in [3.8, 4) is 0 Å². The minimum absolute atomic E-state index is 0.482. The number of ether oxygens (including phenoxy) is 1. The summed E-state index contributed by atoms with van der Waals surface area (Å²) in [4.78, 5) is 18.4. The Morgan fingerprint density at radius 3 is 2.14 bits per heavy atom. The summed E-state index contributed by atoms with van der Waals surface area (Å²) >= 11 is 0. The number of carbonyl (C=O) groups is 2. The van der Waals surface area contributed by atoms with Crippen molar-refractivity contribution in [3.63, 3.8) is 0 Å². The number of halogens is 3. The predicted octanol–water partition coefficient (Wildman–Crippen LogP) is 1.59. The average molecular weight is 216 g/mol. The highest BCUT2D eigenvalue weighted by atomic mass is 19.4. The van der Waals surface area contributed by atoms with E-state index >= 15 is 0 Å². The molecule has 0 aliphatic carbocycles. The molecule has 14 heavy (non-hydrogen) atoms. The number of hydrogen-bond acceptors (Lipinski definition) is 3. The number of carboxylic acids is 1. The summed E-state index contributed by atoms with van der Waals surface area (Å²) in [6, 6.07) is 0. The molecule has 0 spiro atoms. The third-order valence-electron chi connectivity index (χ3n) is 0.926. The molecule has 7 heteroatoms. The molecule has 0 amide bonds. The van der Waals surface area contributed by atoms with E-state index in [1.54, 1.807) is 0 Å². The molecular weight excluding hydrogens is 205 g/mol. The second-order valence-electron chi connectivity index (χ2n) is 2.12. The Morgan fingerprint density at radius 1 is 1.50 bits per heavy atom. The fraction of sp³-hybridized carbons (Fsp3) is 0.714. The van der Waals surface area contributed by atoms with Gasteiger partial charge in [-0.05, 0) is 6.42 Å². The lowest BCUT2D eigenvalue weighted by Crippen LogP contribution is -2.21. The lowest BCUT2D eigenvalue weighted by atomic mass is 10.4. The average Bonchev–Trinajstić information content (AvgIpc) is 2.05. The molecule has 0 atom stereocenters. The predicted molar refractivity (Wildman–Crippen MR) is 40.6 cm³/mol. The summed E-state index contributed by atoms with van der Waals surface area (Å²) in [6.45, 7) is 3.10. The van der Waals surface area contributed by atoms with Crippen LogP contribution in [0.2, 0.25) is 0 Å². The fourth-order valence-corrected chi connectivity index (χ4v) is 0.276. The van der Waals surface area contributed by atoms with Crippen molar-refractivity contribution in [3.05, 3.63) is 0 Å². The molecule has 0 unspecified atom stereocenters. The highest BCUT2D eigenvalue weighted by Gasteiger charge is 2.38. The van der Waals surface area contributed by atoms with E-state index in [1.165, 1.54) is 0 Å². The number of rotatable bonds is 4. The summed E-state index contributed by atoms with van der Waals surface area (Å²) in [6.07, 6.45) is -3.04. The molecule has 0 aromatic heterocycles. The van der Waals surface area contributed by atoms with E-state index in [-0.39, 0.29) is 0 Å². The summed E-state index contributed by atoms with van der Waals surface area (Å²) in [5.41, 5.74) is 0. The molecule has 1 N–H and O–H groups in total. The lowest BCUT2D eigenvalue weighted by Gasteiger charge is -1.93. The van der Waals surface area contributed by atoms with Crippen LogP contribution in [0, 0.1) is 0 Å². The van der Waals surface area contributed by atoms with Crippen molar-refractivity contribution in [2.24, 2.45) is 0 Å². The molecule has 0 bridgehead atoms. The van der Waals surface area contributed by atoms with Crippen molar-refractivity contribution in [1.29, 1.82) is 0 Å². The van der Waals surface area contributed by atoms with Crippen LogP contribution in [0.25, 0.3) is 0 Å². The van der Waals surface area contributed by atoms with Crippen molar-refractivity contribution < 1.29 is 32.6 Å². The standard InChI is InChI=1S/C5H10O2.C2HF3O2/c1-2-3-4-7-5-6;3-2(4,5)1(6)7/h5H,2-4H2,1H3;(H,6,7). The molecular formula is C7H11F3O4. The van der Waals surface area contributed by atoms with E-state index in [0.29, 0.717) is 13.1 Å². The van der Waals surface area contributed by atoms with Crippen molar-refractivity contribution in [2.45, 2.75) is 25.9 Å². The summed E-state index contributed by atoms with van der Waals surface area (Å²) < 4.78 is 36.1. The first-order chi connectivity index (χ1) is 6.36. The van der Waals surface area contributed by atoms with E-state index < -0.39 is 12.1 Å². The number of alkyl halides is 3. The van der Waals surface area contributed by atoms with E-state index in [0.717, 1.165) is 12.8 Å².